The Kier molecular flexibility index (Phi) is 5.42. The number of nitrogens with zero attached hydrogens (tertiary/aromatic N) is 2. The van der Waals surface area contributed by atoms with Gasteiger partial charge in [0.2, 0.25) is 0 Å². The van der Waals surface area contributed by atoms with Gasteiger partial charge in [-0.05, 0) is 46.2 Å². The molecule has 2 saturated heterocycles. The summed E-state index contributed by atoms with van der Waals surface area (Å²) in [6.07, 6.45) is 4.30. The van der Waals surface area contributed by atoms with Crippen molar-refractivity contribution in [3.8, 4) is 0 Å². The van der Waals surface area contributed by atoms with Gasteiger partial charge in [0.25, 0.3) is 10.2 Å². The second kappa shape index (κ2) is 6.70. The minimum atomic E-state index is -3.48. The second-order valence-electron chi connectivity index (χ2n) is 6.12. The molecule has 2 rings (SSSR count). The van der Waals surface area contributed by atoms with Crippen molar-refractivity contribution in [1.29, 1.82) is 0 Å². The smallest absolute Gasteiger partial charge is 0.280 e. The molecule has 0 amide bonds. The summed E-state index contributed by atoms with van der Waals surface area (Å²) in [5.74, 6) is 0. The lowest BCUT2D eigenvalue weighted by Crippen LogP contribution is -2.55. The number of aliphatic hydroxyl groups is 1. The molecule has 0 saturated carbocycles. The molecule has 7 heteroatoms. The zero-order valence-corrected chi connectivity index (χ0v) is 13.3. The highest BCUT2D eigenvalue weighted by atomic mass is 32.2. The number of rotatable bonds is 4. The summed E-state index contributed by atoms with van der Waals surface area (Å²) < 4.78 is 29.3. The van der Waals surface area contributed by atoms with Crippen LogP contribution < -0.4 is 4.72 Å². The van der Waals surface area contributed by atoms with Gasteiger partial charge in [0, 0.05) is 24.7 Å². The van der Waals surface area contributed by atoms with Gasteiger partial charge in [-0.15, -0.1) is 0 Å². The van der Waals surface area contributed by atoms with Crippen LogP contribution in [0.2, 0.25) is 0 Å². The molecule has 3 unspecified atom stereocenters. The van der Waals surface area contributed by atoms with Crippen molar-refractivity contribution in [2.24, 2.45) is 0 Å². The van der Waals surface area contributed by atoms with E-state index in [1.54, 1.807) is 0 Å². The summed E-state index contributed by atoms with van der Waals surface area (Å²) in [5.41, 5.74) is 0. The van der Waals surface area contributed by atoms with E-state index in [1.165, 1.54) is 4.31 Å². The summed E-state index contributed by atoms with van der Waals surface area (Å²) in [4.78, 5) is 2.25. The van der Waals surface area contributed by atoms with Crippen LogP contribution in [0.1, 0.15) is 39.0 Å². The fourth-order valence-corrected chi connectivity index (χ4v) is 4.85. The third kappa shape index (κ3) is 3.71. The number of piperidine rings is 2. The molecular formula is C13H27N3O3S. The Hall–Kier alpha value is -0.210. The van der Waals surface area contributed by atoms with Gasteiger partial charge in [0.05, 0.1) is 6.61 Å². The Labute approximate surface area is 122 Å². The maximum atomic E-state index is 12.5. The molecule has 2 fully saturated rings. The topological polar surface area (TPSA) is 72.9 Å². The summed E-state index contributed by atoms with van der Waals surface area (Å²) in [5, 5.41) is 9.37. The van der Waals surface area contributed by atoms with Crippen molar-refractivity contribution in [2.75, 3.05) is 26.7 Å². The minimum Gasteiger partial charge on any atom is -0.395 e. The van der Waals surface area contributed by atoms with E-state index in [1.807, 2.05) is 0 Å². The predicted molar refractivity (Wildman–Crippen MR) is 78.6 cm³/mol. The van der Waals surface area contributed by atoms with Gasteiger partial charge in [0.15, 0.2) is 0 Å². The van der Waals surface area contributed by atoms with E-state index < -0.39 is 10.2 Å². The Bertz CT molecular complexity index is 415. The van der Waals surface area contributed by atoms with Gasteiger partial charge < -0.3 is 10.0 Å². The Morgan fingerprint density at radius 3 is 2.65 bits per heavy atom. The van der Waals surface area contributed by atoms with E-state index in [4.69, 9.17) is 0 Å². The van der Waals surface area contributed by atoms with E-state index in [9.17, 15) is 13.5 Å². The number of hydrogen-bond donors (Lipinski definition) is 2. The van der Waals surface area contributed by atoms with Crippen LogP contribution in [0.3, 0.4) is 0 Å². The number of nitrogens with one attached hydrogen (secondary N) is 1. The third-order valence-corrected chi connectivity index (χ3v) is 6.35. The van der Waals surface area contributed by atoms with Crippen LogP contribution in [0.5, 0.6) is 0 Å². The molecule has 0 aromatic carbocycles. The molecule has 2 N–H and O–H groups in total. The normalized spacial score (nSPS) is 34.2. The number of aliphatic hydroxyl groups excluding tert-OH is 1. The zero-order valence-electron chi connectivity index (χ0n) is 12.5. The van der Waals surface area contributed by atoms with Crippen molar-refractivity contribution >= 4 is 10.2 Å². The monoisotopic (exact) mass is 305 g/mol. The standard InChI is InChI=1S/C13H27N3O3S/c1-11-9-12(6-8-15(11)2)14-20(18,19)16-7-4-3-5-13(16)10-17/h11-14,17H,3-10H2,1-2H3. The predicted octanol–water partition coefficient (Wildman–Crippen LogP) is 0.150. The fraction of sp³-hybridized carbons (Fsp3) is 1.00. The van der Waals surface area contributed by atoms with Gasteiger partial charge in [-0.1, -0.05) is 6.42 Å². The summed E-state index contributed by atoms with van der Waals surface area (Å²) in [6.45, 7) is 3.46. The van der Waals surface area contributed by atoms with Crippen LogP contribution in [-0.4, -0.2) is 67.6 Å². The molecule has 2 heterocycles. The molecule has 2 aliphatic heterocycles. The lowest BCUT2D eigenvalue weighted by molar-refractivity contribution is 0.149. The second-order valence-corrected chi connectivity index (χ2v) is 7.77. The number of hydrogen-bond acceptors (Lipinski definition) is 4. The fourth-order valence-electron chi connectivity index (χ4n) is 3.15. The Balaban J connectivity index is 1.99. The highest BCUT2D eigenvalue weighted by molar-refractivity contribution is 7.87. The summed E-state index contributed by atoms with van der Waals surface area (Å²) >= 11 is 0. The average Bonchev–Trinajstić information content (AvgIpc) is 2.42. The molecule has 0 spiro atoms. The van der Waals surface area contributed by atoms with E-state index in [2.05, 4.69) is 23.6 Å². The molecule has 0 aromatic rings. The zero-order chi connectivity index (χ0) is 14.8. The molecule has 0 aromatic heterocycles. The third-order valence-electron chi connectivity index (χ3n) is 4.62. The quantitative estimate of drug-likeness (QED) is 0.775. The molecular weight excluding hydrogens is 278 g/mol. The van der Waals surface area contributed by atoms with Crippen LogP contribution in [-0.2, 0) is 10.2 Å². The molecule has 2 aliphatic rings. The van der Waals surface area contributed by atoms with E-state index in [0.29, 0.717) is 12.6 Å². The lowest BCUT2D eigenvalue weighted by Gasteiger charge is -2.38. The molecule has 0 aliphatic carbocycles. The summed E-state index contributed by atoms with van der Waals surface area (Å²) in [7, 11) is -1.41. The minimum absolute atomic E-state index is 0.00692. The Morgan fingerprint density at radius 1 is 1.25 bits per heavy atom. The molecule has 0 radical (unpaired) electrons. The maximum absolute atomic E-state index is 12.5. The largest absolute Gasteiger partial charge is 0.395 e. The highest BCUT2D eigenvalue weighted by Crippen LogP contribution is 2.22. The van der Waals surface area contributed by atoms with Crippen LogP contribution in [0, 0.1) is 0 Å². The molecule has 3 atom stereocenters. The van der Waals surface area contributed by atoms with Crippen LogP contribution in [0.25, 0.3) is 0 Å². The Morgan fingerprint density at radius 2 is 2.00 bits per heavy atom. The van der Waals surface area contributed by atoms with Gasteiger partial charge in [-0.3, -0.25) is 0 Å². The average molecular weight is 305 g/mol. The van der Waals surface area contributed by atoms with E-state index in [0.717, 1.165) is 38.6 Å². The van der Waals surface area contributed by atoms with Crippen molar-refractivity contribution in [3.05, 3.63) is 0 Å². The van der Waals surface area contributed by atoms with Crippen molar-refractivity contribution in [3.63, 3.8) is 0 Å². The molecule has 6 nitrogen and oxygen atoms in total. The van der Waals surface area contributed by atoms with Gasteiger partial charge in [0.1, 0.15) is 0 Å². The van der Waals surface area contributed by atoms with Gasteiger partial charge in [-0.2, -0.15) is 17.4 Å². The van der Waals surface area contributed by atoms with Crippen LogP contribution in [0.4, 0.5) is 0 Å². The van der Waals surface area contributed by atoms with Gasteiger partial charge in [-0.25, -0.2) is 0 Å². The van der Waals surface area contributed by atoms with Crippen molar-refractivity contribution < 1.29 is 13.5 Å². The lowest BCUT2D eigenvalue weighted by atomic mass is 10.0. The summed E-state index contributed by atoms with van der Waals surface area (Å²) in [6, 6.07) is 0.142. The highest BCUT2D eigenvalue weighted by Gasteiger charge is 2.34. The first-order chi connectivity index (χ1) is 9.44. The molecule has 0 bridgehead atoms. The first-order valence-corrected chi connectivity index (χ1v) is 8.98. The first kappa shape index (κ1) is 16.2. The van der Waals surface area contributed by atoms with Gasteiger partial charge >= 0.3 is 0 Å². The maximum Gasteiger partial charge on any atom is 0.280 e. The van der Waals surface area contributed by atoms with E-state index in [-0.39, 0.29) is 18.7 Å². The van der Waals surface area contributed by atoms with E-state index >= 15 is 0 Å². The van der Waals surface area contributed by atoms with Crippen molar-refractivity contribution in [2.45, 2.75) is 57.2 Å². The molecule has 118 valence electrons. The first-order valence-electron chi connectivity index (χ1n) is 7.54. The molecule has 20 heavy (non-hydrogen) atoms. The van der Waals surface area contributed by atoms with Crippen molar-refractivity contribution in [1.82, 2.24) is 13.9 Å². The SMILES string of the molecule is CC1CC(NS(=O)(=O)N2CCCCC2CO)CCN1C. The number of likely N-dealkylation sites (tertiary alicyclic amines) is 1. The van der Waals surface area contributed by atoms with Crippen LogP contribution >= 0.6 is 0 Å². The van der Waals surface area contributed by atoms with Crippen LogP contribution in [0.15, 0.2) is 0 Å².